The lowest BCUT2D eigenvalue weighted by atomic mass is 9.98. The smallest absolute Gasteiger partial charge is 0.0740 e. The van der Waals surface area contributed by atoms with Gasteiger partial charge in [-0.25, -0.2) is 0 Å². The molecule has 3 aromatic rings. The average molecular weight is 247 g/mol. The molecule has 0 unspecified atom stereocenters. The van der Waals surface area contributed by atoms with Crippen LogP contribution in [-0.4, -0.2) is 4.98 Å². The minimum atomic E-state index is 1.09. The van der Waals surface area contributed by atoms with Crippen LogP contribution in [0, 0.1) is 20.8 Å². The Morgan fingerprint density at radius 1 is 0.789 bits per heavy atom. The Kier molecular flexibility index (Phi) is 2.83. The van der Waals surface area contributed by atoms with Crippen LogP contribution >= 0.6 is 0 Å². The van der Waals surface area contributed by atoms with E-state index in [1.807, 2.05) is 6.07 Å². The number of nitrogens with zero attached hydrogens (tertiary/aromatic N) is 1. The van der Waals surface area contributed by atoms with E-state index in [2.05, 4.69) is 63.2 Å². The Morgan fingerprint density at radius 2 is 1.53 bits per heavy atom. The largest absolute Gasteiger partial charge is 0.252 e. The second kappa shape index (κ2) is 4.51. The van der Waals surface area contributed by atoms with Gasteiger partial charge in [-0.05, 0) is 31.7 Å². The number of hydrogen-bond donors (Lipinski definition) is 0. The van der Waals surface area contributed by atoms with Crippen molar-refractivity contribution in [2.24, 2.45) is 0 Å². The number of aryl methyl sites for hydroxylation is 3. The maximum atomic E-state index is 4.80. The van der Waals surface area contributed by atoms with E-state index >= 15 is 0 Å². The molecular formula is C18H17N. The number of rotatable bonds is 1. The van der Waals surface area contributed by atoms with Gasteiger partial charge in [0.25, 0.3) is 0 Å². The second-order valence-electron chi connectivity index (χ2n) is 5.09. The van der Waals surface area contributed by atoms with E-state index in [4.69, 9.17) is 4.98 Å². The van der Waals surface area contributed by atoms with Crippen LogP contribution in [0.3, 0.4) is 0 Å². The zero-order valence-electron chi connectivity index (χ0n) is 11.6. The molecule has 0 bridgehead atoms. The summed E-state index contributed by atoms with van der Waals surface area (Å²) >= 11 is 0. The van der Waals surface area contributed by atoms with Gasteiger partial charge in [0.2, 0.25) is 0 Å². The standard InChI is InChI=1S/C18H17N/c1-12-9-10-16-14(3)19-18(13(2)17(16)11-12)15-7-5-4-6-8-15/h4-11H,1-3H3. The van der Waals surface area contributed by atoms with Gasteiger partial charge in [-0.2, -0.15) is 0 Å². The molecule has 94 valence electrons. The molecular weight excluding hydrogens is 230 g/mol. The summed E-state index contributed by atoms with van der Waals surface area (Å²) in [7, 11) is 0. The molecule has 1 aromatic heterocycles. The number of pyridine rings is 1. The first-order valence-electron chi connectivity index (χ1n) is 6.60. The first-order chi connectivity index (χ1) is 9.16. The summed E-state index contributed by atoms with van der Waals surface area (Å²) in [6, 6.07) is 17.0. The van der Waals surface area contributed by atoms with Gasteiger partial charge >= 0.3 is 0 Å². The van der Waals surface area contributed by atoms with Crippen LogP contribution in [0.2, 0.25) is 0 Å². The fourth-order valence-corrected chi connectivity index (χ4v) is 2.60. The van der Waals surface area contributed by atoms with Crippen molar-refractivity contribution in [3.63, 3.8) is 0 Å². The summed E-state index contributed by atoms with van der Waals surface area (Å²) in [5.74, 6) is 0. The molecule has 1 nitrogen and oxygen atoms in total. The normalized spacial score (nSPS) is 10.9. The van der Waals surface area contributed by atoms with E-state index in [9.17, 15) is 0 Å². The summed E-state index contributed by atoms with van der Waals surface area (Å²) < 4.78 is 0. The lowest BCUT2D eigenvalue weighted by molar-refractivity contribution is 1.21. The predicted molar refractivity (Wildman–Crippen MR) is 81.4 cm³/mol. The lowest BCUT2D eigenvalue weighted by Crippen LogP contribution is -1.94. The zero-order valence-corrected chi connectivity index (χ0v) is 11.6. The highest BCUT2D eigenvalue weighted by Crippen LogP contribution is 2.29. The molecule has 1 heteroatoms. The van der Waals surface area contributed by atoms with E-state index in [1.54, 1.807) is 0 Å². The van der Waals surface area contributed by atoms with Gasteiger partial charge in [-0.3, -0.25) is 4.98 Å². The van der Waals surface area contributed by atoms with Gasteiger partial charge in [0, 0.05) is 16.6 Å². The Bertz CT molecular complexity index is 742. The average Bonchev–Trinajstić information content (AvgIpc) is 2.43. The Balaban J connectivity index is 2.36. The molecule has 0 spiro atoms. The van der Waals surface area contributed by atoms with Gasteiger partial charge in [-0.1, -0.05) is 54.1 Å². The van der Waals surface area contributed by atoms with E-state index in [0.29, 0.717) is 0 Å². The fraction of sp³-hybridized carbons (Fsp3) is 0.167. The van der Waals surface area contributed by atoms with Crippen LogP contribution in [0.15, 0.2) is 48.5 Å². The second-order valence-corrected chi connectivity index (χ2v) is 5.09. The number of fused-ring (bicyclic) bond motifs is 1. The van der Waals surface area contributed by atoms with Gasteiger partial charge in [0.15, 0.2) is 0 Å². The Morgan fingerprint density at radius 3 is 2.26 bits per heavy atom. The zero-order chi connectivity index (χ0) is 13.4. The molecule has 0 aliphatic heterocycles. The molecule has 0 saturated heterocycles. The van der Waals surface area contributed by atoms with Crippen molar-refractivity contribution < 1.29 is 0 Å². The summed E-state index contributed by atoms with van der Waals surface area (Å²) in [6.45, 7) is 6.39. The van der Waals surface area contributed by atoms with Gasteiger partial charge in [0.1, 0.15) is 0 Å². The van der Waals surface area contributed by atoms with Crippen LogP contribution in [0.5, 0.6) is 0 Å². The molecule has 0 atom stereocenters. The van der Waals surface area contributed by atoms with Gasteiger partial charge in [-0.15, -0.1) is 0 Å². The minimum Gasteiger partial charge on any atom is -0.252 e. The molecule has 0 fully saturated rings. The molecule has 0 N–H and O–H groups in total. The highest BCUT2D eigenvalue weighted by molar-refractivity contribution is 5.92. The first kappa shape index (κ1) is 11.9. The van der Waals surface area contributed by atoms with Crippen molar-refractivity contribution in [2.75, 3.05) is 0 Å². The van der Waals surface area contributed by atoms with E-state index in [0.717, 1.165) is 11.4 Å². The number of aromatic nitrogens is 1. The molecule has 3 rings (SSSR count). The van der Waals surface area contributed by atoms with Crippen molar-refractivity contribution >= 4 is 10.8 Å². The summed E-state index contributed by atoms with van der Waals surface area (Å²) in [5, 5.41) is 2.56. The fourth-order valence-electron chi connectivity index (χ4n) is 2.60. The van der Waals surface area contributed by atoms with Crippen molar-refractivity contribution in [3.8, 4) is 11.3 Å². The van der Waals surface area contributed by atoms with E-state index in [-0.39, 0.29) is 0 Å². The van der Waals surface area contributed by atoms with Crippen molar-refractivity contribution in [3.05, 3.63) is 65.4 Å². The Hall–Kier alpha value is -2.15. The van der Waals surface area contributed by atoms with Crippen molar-refractivity contribution in [2.45, 2.75) is 20.8 Å². The van der Waals surface area contributed by atoms with Crippen molar-refractivity contribution in [1.82, 2.24) is 4.98 Å². The van der Waals surface area contributed by atoms with E-state index in [1.165, 1.54) is 27.5 Å². The van der Waals surface area contributed by atoms with Gasteiger partial charge in [0.05, 0.1) is 5.69 Å². The third kappa shape index (κ3) is 2.01. The summed E-state index contributed by atoms with van der Waals surface area (Å²) in [5.41, 5.74) is 5.93. The van der Waals surface area contributed by atoms with E-state index < -0.39 is 0 Å². The quantitative estimate of drug-likeness (QED) is 0.600. The maximum Gasteiger partial charge on any atom is 0.0740 e. The first-order valence-corrected chi connectivity index (χ1v) is 6.60. The van der Waals surface area contributed by atoms with Crippen LogP contribution in [0.25, 0.3) is 22.0 Å². The topological polar surface area (TPSA) is 12.9 Å². The number of hydrogen-bond acceptors (Lipinski definition) is 1. The van der Waals surface area contributed by atoms with Crippen molar-refractivity contribution in [1.29, 1.82) is 0 Å². The minimum absolute atomic E-state index is 1.09. The van der Waals surface area contributed by atoms with Gasteiger partial charge < -0.3 is 0 Å². The SMILES string of the molecule is Cc1ccc2c(C)nc(-c3ccccc3)c(C)c2c1. The van der Waals surface area contributed by atoms with Crippen LogP contribution in [0.4, 0.5) is 0 Å². The maximum absolute atomic E-state index is 4.80. The van der Waals surface area contributed by atoms with Crippen LogP contribution < -0.4 is 0 Å². The lowest BCUT2D eigenvalue weighted by Gasteiger charge is -2.12. The molecule has 19 heavy (non-hydrogen) atoms. The molecule has 1 heterocycles. The highest BCUT2D eigenvalue weighted by Gasteiger charge is 2.10. The molecule has 2 aromatic carbocycles. The Labute approximate surface area is 113 Å². The highest BCUT2D eigenvalue weighted by atomic mass is 14.7. The third-order valence-corrected chi connectivity index (χ3v) is 3.65. The molecule has 0 amide bonds. The predicted octanol–water partition coefficient (Wildman–Crippen LogP) is 4.83. The molecule has 0 radical (unpaired) electrons. The summed E-state index contributed by atoms with van der Waals surface area (Å²) in [4.78, 5) is 4.80. The monoisotopic (exact) mass is 247 g/mol. The molecule has 0 aliphatic carbocycles. The summed E-state index contributed by atoms with van der Waals surface area (Å²) in [6.07, 6.45) is 0. The number of benzene rings is 2. The van der Waals surface area contributed by atoms with Crippen LogP contribution in [0.1, 0.15) is 16.8 Å². The molecule has 0 saturated carbocycles. The third-order valence-electron chi connectivity index (χ3n) is 3.65. The molecule has 0 aliphatic rings. The van der Waals surface area contributed by atoms with Crippen LogP contribution in [-0.2, 0) is 0 Å².